The van der Waals surface area contributed by atoms with Crippen LogP contribution in [-0.2, 0) is 16.1 Å². The van der Waals surface area contributed by atoms with Crippen LogP contribution in [0.5, 0.6) is 0 Å². The highest BCUT2D eigenvalue weighted by molar-refractivity contribution is 9.10. The Labute approximate surface area is 253 Å². The lowest BCUT2D eigenvalue weighted by molar-refractivity contribution is -0.139. The van der Waals surface area contributed by atoms with Gasteiger partial charge in [0.1, 0.15) is 6.04 Å². The molecule has 9 heteroatoms. The number of nitrogens with zero attached hydrogens (tertiary/aromatic N) is 3. The van der Waals surface area contributed by atoms with Crippen LogP contribution in [0.2, 0.25) is 0 Å². The molecule has 1 aliphatic rings. The van der Waals surface area contributed by atoms with Gasteiger partial charge in [-0.1, -0.05) is 77.0 Å². The summed E-state index contributed by atoms with van der Waals surface area (Å²) in [5.41, 5.74) is 4.25. The summed E-state index contributed by atoms with van der Waals surface area (Å²) >= 11 is 6.41. The van der Waals surface area contributed by atoms with Gasteiger partial charge >= 0.3 is 5.97 Å². The van der Waals surface area contributed by atoms with Gasteiger partial charge < -0.3 is 9.30 Å². The molecule has 0 aliphatic carbocycles. The number of aromatic nitrogens is 2. The molecule has 1 atom stereocenters. The molecule has 6 nitrogen and oxygen atoms in total. The molecule has 0 N–H and O–H groups in total. The van der Waals surface area contributed by atoms with Gasteiger partial charge in [-0.25, -0.2) is 9.79 Å². The van der Waals surface area contributed by atoms with Crippen LogP contribution in [0.3, 0.4) is 0 Å². The largest absolute Gasteiger partial charge is 0.463 e. The third kappa shape index (κ3) is 5.29. The molecule has 41 heavy (non-hydrogen) atoms. The second kappa shape index (κ2) is 11.8. The molecule has 4 heterocycles. The smallest absolute Gasteiger partial charge is 0.338 e. The van der Waals surface area contributed by atoms with E-state index in [1.807, 2.05) is 47.9 Å². The van der Waals surface area contributed by atoms with Crippen molar-refractivity contribution in [2.45, 2.75) is 39.3 Å². The Bertz CT molecular complexity index is 1950. The Hall–Kier alpha value is -3.53. The van der Waals surface area contributed by atoms with E-state index in [-0.39, 0.29) is 12.2 Å². The number of hydrogen-bond acceptors (Lipinski definition) is 6. The zero-order chi connectivity index (χ0) is 28.5. The lowest BCUT2D eigenvalue weighted by atomic mass is 9.99. The molecule has 0 spiro atoms. The molecule has 0 saturated heterocycles. The van der Waals surface area contributed by atoms with Gasteiger partial charge in [-0.3, -0.25) is 9.36 Å². The van der Waals surface area contributed by atoms with Crippen molar-refractivity contribution in [3.8, 4) is 0 Å². The molecular weight excluding hydrogens is 618 g/mol. The van der Waals surface area contributed by atoms with E-state index in [9.17, 15) is 9.59 Å². The zero-order valence-corrected chi connectivity index (χ0v) is 25.9. The number of carbonyl (C=O) groups is 1. The summed E-state index contributed by atoms with van der Waals surface area (Å²) in [4.78, 5) is 33.7. The number of ether oxygens (including phenoxy) is 1. The van der Waals surface area contributed by atoms with Gasteiger partial charge in [-0.05, 0) is 54.6 Å². The molecule has 208 valence electrons. The van der Waals surface area contributed by atoms with Crippen LogP contribution in [-0.4, -0.2) is 21.7 Å². The fourth-order valence-corrected chi connectivity index (χ4v) is 7.38. The van der Waals surface area contributed by atoms with Crippen molar-refractivity contribution in [3.63, 3.8) is 0 Å². The molecule has 0 bridgehead atoms. The third-order valence-electron chi connectivity index (χ3n) is 7.08. The molecule has 6 rings (SSSR count). The second-order valence-corrected chi connectivity index (χ2v) is 12.7. The average molecular weight is 647 g/mol. The first-order valence-corrected chi connectivity index (χ1v) is 16.0. The number of para-hydroxylation sites is 1. The summed E-state index contributed by atoms with van der Waals surface area (Å²) < 4.78 is 11.0. The molecule has 5 aromatic rings. The van der Waals surface area contributed by atoms with Crippen molar-refractivity contribution in [1.82, 2.24) is 9.13 Å². The number of rotatable bonds is 8. The predicted octanol–water partition coefficient (Wildman–Crippen LogP) is 6.41. The monoisotopic (exact) mass is 645 g/mol. The molecule has 0 saturated carbocycles. The molecule has 0 amide bonds. The van der Waals surface area contributed by atoms with Crippen molar-refractivity contribution in [2.24, 2.45) is 4.99 Å². The molecule has 0 radical (unpaired) electrons. The van der Waals surface area contributed by atoms with Crippen LogP contribution in [0.4, 0.5) is 0 Å². The van der Waals surface area contributed by atoms with Crippen LogP contribution >= 0.6 is 38.6 Å². The van der Waals surface area contributed by atoms with Gasteiger partial charge in [0, 0.05) is 38.6 Å². The number of carbonyl (C=O) groups excluding carboxylic acids is 1. The Balaban J connectivity index is 1.51. The Morgan fingerprint density at radius 1 is 1.10 bits per heavy atom. The van der Waals surface area contributed by atoms with Crippen molar-refractivity contribution >= 4 is 61.6 Å². The fraction of sp³-hybridized carbons (Fsp3) is 0.219. The summed E-state index contributed by atoms with van der Waals surface area (Å²) in [7, 11) is 0. The van der Waals surface area contributed by atoms with E-state index in [0.29, 0.717) is 33.6 Å². The summed E-state index contributed by atoms with van der Waals surface area (Å²) in [5, 5.41) is 3.04. The van der Waals surface area contributed by atoms with E-state index < -0.39 is 12.0 Å². The Morgan fingerprint density at radius 3 is 2.63 bits per heavy atom. The summed E-state index contributed by atoms with van der Waals surface area (Å²) in [6.07, 6.45) is 5.52. The highest BCUT2D eigenvalue weighted by Crippen LogP contribution is 2.34. The number of benzene rings is 2. The van der Waals surface area contributed by atoms with E-state index in [1.165, 1.54) is 28.2 Å². The number of fused-ring (bicyclic) bond motifs is 2. The summed E-state index contributed by atoms with van der Waals surface area (Å²) in [6, 6.07) is 19.9. The SMILES string of the molecule is CCCC1=C(C(=O)OCC)[C@@H](c2cccs2)n2c(s/c(=C/c3cn(Cc4ccc(Br)cc4)c4ccccc34)c2=O)=N1. The summed E-state index contributed by atoms with van der Waals surface area (Å²) in [6.45, 7) is 4.82. The zero-order valence-electron chi connectivity index (χ0n) is 22.7. The van der Waals surface area contributed by atoms with Gasteiger partial charge in [-0.15, -0.1) is 11.3 Å². The summed E-state index contributed by atoms with van der Waals surface area (Å²) in [5.74, 6) is -0.414. The molecule has 3 aromatic heterocycles. The van der Waals surface area contributed by atoms with Crippen LogP contribution in [0.15, 0.2) is 97.8 Å². The Kier molecular flexibility index (Phi) is 7.92. The van der Waals surface area contributed by atoms with Crippen LogP contribution < -0.4 is 14.9 Å². The first-order valence-electron chi connectivity index (χ1n) is 13.6. The maximum atomic E-state index is 14.1. The van der Waals surface area contributed by atoms with Crippen molar-refractivity contribution in [1.29, 1.82) is 0 Å². The molecule has 0 unspecified atom stereocenters. The van der Waals surface area contributed by atoms with Gasteiger partial charge in [0.25, 0.3) is 5.56 Å². The van der Waals surface area contributed by atoms with Crippen LogP contribution in [0.1, 0.15) is 48.7 Å². The molecule has 2 aromatic carbocycles. The third-order valence-corrected chi connectivity index (χ3v) is 9.51. The van der Waals surface area contributed by atoms with Crippen LogP contribution in [0.25, 0.3) is 17.0 Å². The van der Waals surface area contributed by atoms with Gasteiger partial charge in [0.05, 0.1) is 22.4 Å². The topological polar surface area (TPSA) is 65.6 Å². The minimum atomic E-state index is -0.562. The number of allylic oxidation sites excluding steroid dienone is 1. The molecule has 1 aliphatic heterocycles. The number of thiophene rings is 1. The van der Waals surface area contributed by atoms with Gasteiger partial charge in [0.2, 0.25) is 0 Å². The maximum Gasteiger partial charge on any atom is 0.338 e. The minimum Gasteiger partial charge on any atom is -0.463 e. The lowest BCUT2D eigenvalue weighted by Crippen LogP contribution is -2.39. The highest BCUT2D eigenvalue weighted by atomic mass is 79.9. The standard InChI is InChI=1S/C32H28BrN3O3S2/c1-3-8-24-28(31(38)39-4-2)29(26-11-7-16-40-26)36-30(37)27(41-32(36)34-24)17-21-19-35(25-10-6-5-9-23(21)25)18-20-12-14-22(33)15-13-20/h5-7,9-17,19,29H,3-4,8,18H2,1-2H3/b27-17+/t29-/m1/s1. The van der Waals surface area contributed by atoms with Crippen molar-refractivity contribution < 1.29 is 9.53 Å². The quantitative estimate of drug-likeness (QED) is 0.183. The number of esters is 1. The second-order valence-electron chi connectivity index (χ2n) is 9.78. The highest BCUT2D eigenvalue weighted by Gasteiger charge is 2.34. The number of halogens is 1. The van der Waals surface area contributed by atoms with Gasteiger partial charge in [-0.2, -0.15) is 0 Å². The average Bonchev–Trinajstić information content (AvgIpc) is 3.69. The van der Waals surface area contributed by atoms with E-state index in [2.05, 4.69) is 57.9 Å². The first-order chi connectivity index (χ1) is 20.0. The van der Waals surface area contributed by atoms with Crippen molar-refractivity contribution in [2.75, 3.05) is 6.61 Å². The normalized spacial score (nSPS) is 15.3. The Morgan fingerprint density at radius 2 is 1.90 bits per heavy atom. The molecule has 0 fully saturated rings. The lowest BCUT2D eigenvalue weighted by Gasteiger charge is -2.24. The van der Waals surface area contributed by atoms with Crippen LogP contribution in [0, 0.1) is 0 Å². The van der Waals surface area contributed by atoms with E-state index in [4.69, 9.17) is 9.73 Å². The number of thiazole rings is 1. The fourth-order valence-electron chi connectivity index (χ4n) is 5.29. The van der Waals surface area contributed by atoms with Crippen molar-refractivity contribution in [3.05, 3.63) is 124 Å². The first kappa shape index (κ1) is 27.6. The molecular formula is C32H28BrN3O3S2. The van der Waals surface area contributed by atoms with Gasteiger partial charge in [0.15, 0.2) is 4.80 Å². The predicted molar refractivity (Wildman–Crippen MR) is 169 cm³/mol. The minimum absolute atomic E-state index is 0.158. The van der Waals surface area contributed by atoms with E-state index in [0.717, 1.165) is 32.2 Å². The van der Waals surface area contributed by atoms with E-state index in [1.54, 1.807) is 11.5 Å². The number of hydrogen-bond donors (Lipinski definition) is 0. The van der Waals surface area contributed by atoms with E-state index >= 15 is 0 Å². The maximum absolute atomic E-state index is 14.1.